The van der Waals surface area contributed by atoms with Gasteiger partial charge in [0.1, 0.15) is 5.82 Å². The van der Waals surface area contributed by atoms with Gasteiger partial charge in [0.2, 0.25) is 0 Å². The molecular weight excluding hydrogens is 254 g/mol. The monoisotopic (exact) mass is 267 g/mol. The first kappa shape index (κ1) is 11.5. The average molecular weight is 268 g/mol. The first-order valence-electron chi connectivity index (χ1n) is 6.06. The molecule has 0 spiro atoms. The van der Waals surface area contributed by atoms with E-state index >= 15 is 0 Å². The third-order valence-corrected chi connectivity index (χ3v) is 3.96. The van der Waals surface area contributed by atoms with Crippen LogP contribution >= 0.6 is 11.6 Å². The van der Waals surface area contributed by atoms with E-state index in [4.69, 9.17) is 11.6 Å². The van der Waals surface area contributed by atoms with Gasteiger partial charge < -0.3 is 5.32 Å². The first-order valence-corrected chi connectivity index (χ1v) is 6.50. The minimum atomic E-state index is -0.329. The number of anilines is 1. The second-order valence-electron chi connectivity index (χ2n) is 4.61. The van der Waals surface area contributed by atoms with Gasteiger partial charge in [0.25, 0.3) is 0 Å². The number of rotatable bonds is 3. The molecule has 1 saturated carbocycles. The molecule has 18 heavy (non-hydrogen) atoms. The van der Waals surface area contributed by atoms with Crippen LogP contribution in [0.15, 0.2) is 16.9 Å². The van der Waals surface area contributed by atoms with Crippen molar-refractivity contribution in [3.63, 3.8) is 0 Å². The van der Waals surface area contributed by atoms with E-state index in [1.807, 2.05) is 6.07 Å². The zero-order chi connectivity index (χ0) is 12.5. The Bertz CT molecular complexity index is 607. The van der Waals surface area contributed by atoms with Crippen molar-refractivity contribution in [1.82, 2.24) is 19.8 Å². The van der Waals surface area contributed by atoms with Crippen molar-refractivity contribution in [3.05, 3.63) is 22.6 Å². The summed E-state index contributed by atoms with van der Waals surface area (Å²) >= 11 is 6.22. The highest BCUT2D eigenvalue weighted by Gasteiger charge is 2.24. The van der Waals surface area contributed by atoms with Crippen molar-refractivity contribution in [1.29, 1.82) is 0 Å². The molecule has 0 radical (unpaired) electrons. The summed E-state index contributed by atoms with van der Waals surface area (Å²) in [4.78, 5) is 11.4. The lowest BCUT2D eigenvalue weighted by atomic mass is 10.1. The van der Waals surface area contributed by atoms with E-state index in [0.717, 1.165) is 19.4 Å². The molecule has 0 amide bonds. The fourth-order valence-electron chi connectivity index (χ4n) is 2.35. The molecule has 0 aliphatic heterocycles. The summed E-state index contributed by atoms with van der Waals surface area (Å²) in [5.41, 5.74) is 0.186. The number of halogens is 1. The van der Waals surface area contributed by atoms with E-state index in [2.05, 4.69) is 20.6 Å². The van der Waals surface area contributed by atoms with E-state index in [0.29, 0.717) is 17.4 Å². The number of hydrogen-bond donors (Lipinski definition) is 2. The van der Waals surface area contributed by atoms with Gasteiger partial charge in [0.15, 0.2) is 5.65 Å². The number of aromatic nitrogens is 4. The Morgan fingerprint density at radius 1 is 1.50 bits per heavy atom. The summed E-state index contributed by atoms with van der Waals surface area (Å²) in [5, 5.41) is 13.8. The first-order chi connectivity index (χ1) is 8.74. The quantitative estimate of drug-likeness (QED) is 0.821. The van der Waals surface area contributed by atoms with Crippen molar-refractivity contribution < 1.29 is 0 Å². The normalized spacial score (nSPS) is 23.6. The van der Waals surface area contributed by atoms with Crippen molar-refractivity contribution in [2.24, 2.45) is 5.92 Å². The highest BCUT2D eigenvalue weighted by Crippen LogP contribution is 2.30. The fraction of sp³-hybridized carbons (Fsp3) is 0.545. The Balaban J connectivity index is 1.74. The molecule has 3 rings (SSSR count). The van der Waals surface area contributed by atoms with Crippen LogP contribution in [0.3, 0.4) is 0 Å². The molecule has 2 heterocycles. The molecule has 7 heteroatoms. The average Bonchev–Trinajstić information content (AvgIpc) is 2.94. The van der Waals surface area contributed by atoms with Gasteiger partial charge >= 0.3 is 5.69 Å². The van der Waals surface area contributed by atoms with Gasteiger partial charge in [-0.25, -0.2) is 9.89 Å². The van der Waals surface area contributed by atoms with E-state index < -0.39 is 0 Å². The van der Waals surface area contributed by atoms with Crippen LogP contribution in [0.5, 0.6) is 0 Å². The summed E-state index contributed by atoms with van der Waals surface area (Å²) in [6.45, 7) is 0.791. The predicted molar refractivity (Wildman–Crippen MR) is 69.1 cm³/mol. The standard InChI is InChI=1S/C11H14ClN5O/c12-8-3-1-2-7(8)6-13-9-4-5-10-14-15-11(18)17(10)16-9/h4-5,7-8H,1-3,6H2,(H,13,16)(H,15,18). The van der Waals surface area contributed by atoms with Gasteiger partial charge in [-0.2, -0.15) is 9.61 Å². The number of alkyl halides is 1. The Labute approximate surface area is 108 Å². The predicted octanol–water partition coefficient (Wildman–Crippen LogP) is 1.24. The molecule has 6 nitrogen and oxygen atoms in total. The maximum atomic E-state index is 11.4. The Hall–Kier alpha value is -1.56. The molecule has 1 fully saturated rings. The lowest BCUT2D eigenvalue weighted by molar-refractivity contribution is 0.584. The molecule has 0 saturated heterocycles. The van der Waals surface area contributed by atoms with Crippen molar-refractivity contribution in [3.8, 4) is 0 Å². The molecule has 2 unspecified atom stereocenters. The van der Waals surface area contributed by atoms with Crippen LogP contribution in [-0.4, -0.2) is 31.7 Å². The zero-order valence-electron chi connectivity index (χ0n) is 9.77. The second-order valence-corrected chi connectivity index (χ2v) is 5.17. The van der Waals surface area contributed by atoms with E-state index in [9.17, 15) is 4.79 Å². The second kappa shape index (κ2) is 4.61. The van der Waals surface area contributed by atoms with Crippen LogP contribution < -0.4 is 11.0 Å². The van der Waals surface area contributed by atoms with Gasteiger partial charge in [0, 0.05) is 11.9 Å². The summed E-state index contributed by atoms with van der Waals surface area (Å²) in [5.74, 6) is 1.15. The number of aromatic amines is 1. The fourth-order valence-corrected chi connectivity index (χ4v) is 2.72. The van der Waals surface area contributed by atoms with Crippen LogP contribution in [0.2, 0.25) is 0 Å². The largest absolute Gasteiger partial charge is 0.368 e. The topological polar surface area (TPSA) is 75.1 Å². The minimum absolute atomic E-state index is 0.248. The van der Waals surface area contributed by atoms with Gasteiger partial charge in [0.05, 0.1) is 0 Å². The summed E-state index contributed by atoms with van der Waals surface area (Å²) in [7, 11) is 0. The van der Waals surface area contributed by atoms with Crippen LogP contribution in [-0.2, 0) is 0 Å². The SMILES string of the molecule is O=c1[nH]nc2ccc(NCC3CCCC3Cl)nn12. The molecule has 2 atom stereocenters. The molecule has 2 N–H and O–H groups in total. The van der Waals surface area contributed by atoms with Crippen LogP contribution in [0, 0.1) is 5.92 Å². The number of nitrogens with one attached hydrogen (secondary N) is 2. The highest BCUT2D eigenvalue weighted by molar-refractivity contribution is 6.20. The zero-order valence-corrected chi connectivity index (χ0v) is 10.5. The Morgan fingerprint density at radius 2 is 2.39 bits per heavy atom. The smallest absolute Gasteiger partial charge is 0.364 e. The molecule has 2 aromatic heterocycles. The van der Waals surface area contributed by atoms with Crippen LogP contribution in [0.4, 0.5) is 5.82 Å². The minimum Gasteiger partial charge on any atom is -0.368 e. The molecular formula is C11H14ClN5O. The van der Waals surface area contributed by atoms with Gasteiger partial charge in [-0.3, -0.25) is 0 Å². The van der Waals surface area contributed by atoms with Crippen LogP contribution in [0.25, 0.3) is 5.65 Å². The summed E-state index contributed by atoms with van der Waals surface area (Å²) in [6.07, 6.45) is 3.42. The number of fused-ring (bicyclic) bond motifs is 1. The molecule has 0 aromatic carbocycles. The molecule has 1 aliphatic carbocycles. The number of nitrogens with zero attached hydrogens (tertiary/aromatic N) is 3. The number of hydrogen-bond acceptors (Lipinski definition) is 4. The molecule has 96 valence electrons. The Morgan fingerprint density at radius 3 is 3.17 bits per heavy atom. The molecule has 1 aliphatic rings. The third kappa shape index (κ3) is 2.08. The number of H-pyrrole nitrogens is 1. The van der Waals surface area contributed by atoms with Crippen molar-refractivity contribution >= 4 is 23.1 Å². The molecule has 2 aromatic rings. The van der Waals surface area contributed by atoms with E-state index in [1.54, 1.807) is 6.07 Å². The van der Waals surface area contributed by atoms with E-state index in [-0.39, 0.29) is 11.1 Å². The van der Waals surface area contributed by atoms with Gasteiger partial charge in [-0.1, -0.05) is 6.42 Å². The lowest BCUT2D eigenvalue weighted by Gasteiger charge is -2.14. The van der Waals surface area contributed by atoms with Crippen molar-refractivity contribution in [2.75, 3.05) is 11.9 Å². The van der Waals surface area contributed by atoms with Crippen LogP contribution in [0.1, 0.15) is 19.3 Å². The Kier molecular flexibility index (Phi) is 2.95. The maximum absolute atomic E-state index is 11.4. The van der Waals surface area contributed by atoms with Gasteiger partial charge in [-0.15, -0.1) is 16.7 Å². The summed E-state index contributed by atoms with van der Waals surface area (Å²) in [6, 6.07) is 3.56. The third-order valence-electron chi connectivity index (χ3n) is 3.39. The van der Waals surface area contributed by atoms with Gasteiger partial charge in [-0.05, 0) is 30.9 Å². The highest BCUT2D eigenvalue weighted by atomic mass is 35.5. The lowest BCUT2D eigenvalue weighted by Crippen LogP contribution is -2.20. The van der Waals surface area contributed by atoms with Crippen molar-refractivity contribution in [2.45, 2.75) is 24.6 Å². The maximum Gasteiger partial charge on any atom is 0.364 e. The summed E-state index contributed by atoms with van der Waals surface area (Å²) < 4.78 is 1.25. The van der Waals surface area contributed by atoms with E-state index in [1.165, 1.54) is 10.9 Å². The molecule has 0 bridgehead atoms.